The molecule has 0 fully saturated rings. The quantitative estimate of drug-likeness (QED) is 0.775. The molecule has 0 aliphatic heterocycles. The fourth-order valence-corrected chi connectivity index (χ4v) is 1.87. The van der Waals surface area contributed by atoms with E-state index in [0.717, 1.165) is 11.1 Å². The minimum Gasteiger partial charge on any atom is -0.456 e. The minimum atomic E-state index is -0.497. The predicted octanol–water partition coefficient (Wildman–Crippen LogP) is 4.18. The zero-order chi connectivity index (χ0) is 15.5. The third-order valence-electron chi connectivity index (χ3n) is 2.87. The van der Waals surface area contributed by atoms with Gasteiger partial charge in [-0.2, -0.15) is 5.26 Å². The van der Waals surface area contributed by atoms with Gasteiger partial charge in [-0.3, -0.25) is 0 Å². The highest BCUT2D eigenvalue weighted by atomic mass is 16.6. The van der Waals surface area contributed by atoms with Gasteiger partial charge in [-0.25, -0.2) is 4.79 Å². The summed E-state index contributed by atoms with van der Waals surface area (Å²) in [6, 6.07) is 16.7. The maximum absolute atomic E-state index is 11.9. The lowest BCUT2D eigenvalue weighted by atomic mass is 10.0. The Morgan fingerprint density at radius 1 is 0.952 bits per heavy atom. The van der Waals surface area contributed by atoms with Crippen LogP contribution in [0.25, 0.3) is 11.1 Å². The number of hydrogen-bond donors (Lipinski definition) is 0. The molecule has 0 aliphatic rings. The monoisotopic (exact) mass is 279 g/mol. The van der Waals surface area contributed by atoms with Crippen LogP contribution >= 0.6 is 0 Å². The summed E-state index contributed by atoms with van der Waals surface area (Å²) in [5.74, 6) is -0.325. The Morgan fingerprint density at radius 3 is 1.86 bits per heavy atom. The third kappa shape index (κ3) is 3.93. The number of carbonyl (C=O) groups excluding carboxylic acids is 1. The largest absolute Gasteiger partial charge is 0.456 e. The Bertz CT molecular complexity index is 671. The molecule has 0 heterocycles. The highest BCUT2D eigenvalue weighted by Gasteiger charge is 2.17. The van der Waals surface area contributed by atoms with Crippen LogP contribution in [0.2, 0.25) is 0 Å². The van der Waals surface area contributed by atoms with Crippen molar-refractivity contribution in [2.75, 3.05) is 0 Å². The smallest absolute Gasteiger partial charge is 0.338 e. The molecule has 0 bridgehead atoms. The molecule has 0 unspecified atom stereocenters. The van der Waals surface area contributed by atoms with Crippen molar-refractivity contribution in [2.24, 2.45) is 0 Å². The fraction of sp³-hybridized carbons (Fsp3) is 0.222. The molecule has 0 amide bonds. The van der Waals surface area contributed by atoms with Crippen LogP contribution in [-0.2, 0) is 4.74 Å². The number of esters is 1. The van der Waals surface area contributed by atoms with Gasteiger partial charge < -0.3 is 4.74 Å². The van der Waals surface area contributed by atoms with Gasteiger partial charge in [-0.1, -0.05) is 24.3 Å². The highest BCUT2D eigenvalue weighted by molar-refractivity contribution is 5.90. The summed E-state index contributed by atoms with van der Waals surface area (Å²) < 4.78 is 5.32. The molecule has 2 aromatic rings. The van der Waals surface area contributed by atoms with Gasteiger partial charge >= 0.3 is 5.97 Å². The minimum absolute atomic E-state index is 0.325. The molecule has 0 saturated carbocycles. The van der Waals surface area contributed by atoms with E-state index in [1.54, 1.807) is 24.3 Å². The van der Waals surface area contributed by atoms with Gasteiger partial charge in [0.15, 0.2) is 0 Å². The molecule has 0 N–H and O–H groups in total. The summed E-state index contributed by atoms with van der Waals surface area (Å²) >= 11 is 0. The molecule has 3 heteroatoms. The van der Waals surface area contributed by atoms with E-state index in [-0.39, 0.29) is 5.97 Å². The first-order valence-corrected chi connectivity index (χ1v) is 6.73. The number of hydrogen-bond acceptors (Lipinski definition) is 3. The molecule has 0 spiro atoms. The standard InChI is InChI=1S/C18H17NO2/c1-18(2,3)21-17(20)16-10-8-15(9-11-16)14-6-4-13(12-19)5-7-14/h4-11H,1-3H3. The van der Waals surface area contributed by atoms with Crippen molar-refractivity contribution in [1.29, 1.82) is 5.26 Å². The molecule has 0 radical (unpaired) electrons. The molecule has 2 rings (SSSR count). The normalized spacial score (nSPS) is 10.8. The van der Waals surface area contributed by atoms with Gasteiger partial charge in [0.2, 0.25) is 0 Å². The van der Waals surface area contributed by atoms with E-state index >= 15 is 0 Å². The number of nitrogens with zero attached hydrogens (tertiary/aromatic N) is 1. The van der Waals surface area contributed by atoms with Gasteiger partial charge in [0.05, 0.1) is 17.2 Å². The van der Waals surface area contributed by atoms with Crippen LogP contribution in [-0.4, -0.2) is 11.6 Å². The lowest BCUT2D eigenvalue weighted by Gasteiger charge is -2.19. The highest BCUT2D eigenvalue weighted by Crippen LogP contribution is 2.21. The van der Waals surface area contributed by atoms with Crippen molar-refractivity contribution in [3.8, 4) is 17.2 Å². The van der Waals surface area contributed by atoms with E-state index in [1.807, 2.05) is 45.0 Å². The lowest BCUT2D eigenvalue weighted by molar-refractivity contribution is 0.00696. The molecule has 0 aliphatic carbocycles. The van der Waals surface area contributed by atoms with Crippen molar-refractivity contribution in [3.63, 3.8) is 0 Å². The van der Waals surface area contributed by atoms with Crippen LogP contribution < -0.4 is 0 Å². The summed E-state index contributed by atoms with van der Waals surface area (Å²) in [5, 5.41) is 8.79. The Hall–Kier alpha value is -2.60. The number of nitriles is 1. The Morgan fingerprint density at radius 2 is 1.43 bits per heavy atom. The maximum atomic E-state index is 11.9. The van der Waals surface area contributed by atoms with Gasteiger partial charge in [-0.05, 0) is 56.2 Å². The van der Waals surface area contributed by atoms with Crippen LogP contribution in [0, 0.1) is 11.3 Å². The summed E-state index contributed by atoms with van der Waals surface area (Å²) in [7, 11) is 0. The van der Waals surface area contributed by atoms with Crippen molar-refractivity contribution in [3.05, 3.63) is 59.7 Å². The van der Waals surface area contributed by atoms with Crippen LogP contribution in [0.15, 0.2) is 48.5 Å². The Kier molecular flexibility index (Phi) is 4.09. The molecule has 3 nitrogen and oxygen atoms in total. The van der Waals surface area contributed by atoms with E-state index in [4.69, 9.17) is 10.00 Å². The second kappa shape index (κ2) is 5.80. The molecule has 106 valence electrons. The van der Waals surface area contributed by atoms with Gasteiger partial charge in [-0.15, -0.1) is 0 Å². The van der Waals surface area contributed by atoms with Gasteiger partial charge in [0.1, 0.15) is 5.60 Å². The molecular weight excluding hydrogens is 262 g/mol. The van der Waals surface area contributed by atoms with Crippen LogP contribution in [0.1, 0.15) is 36.7 Å². The van der Waals surface area contributed by atoms with E-state index in [0.29, 0.717) is 11.1 Å². The second-order valence-electron chi connectivity index (χ2n) is 5.77. The number of rotatable bonds is 2. The van der Waals surface area contributed by atoms with Gasteiger partial charge in [0, 0.05) is 0 Å². The first-order valence-electron chi connectivity index (χ1n) is 6.73. The Balaban J connectivity index is 2.18. The van der Waals surface area contributed by atoms with Crippen LogP contribution in [0.5, 0.6) is 0 Å². The molecule has 0 saturated heterocycles. The van der Waals surface area contributed by atoms with Crippen molar-refractivity contribution in [1.82, 2.24) is 0 Å². The average molecular weight is 279 g/mol. The predicted molar refractivity (Wildman–Crippen MR) is 81.8 cm³/mol. The molecule has 2 aromatic carbocycles. The first-order chi connectivity index (χ1) is 9.89. The van der Waals surface area contributed by atoms with E-state index in [9.17, 15) is 4.79 Å². The third-order valence-corrected chi connectivity index (χ3v) is 2.87. The SMILES string of the molecule is CC(C)(C)OC(=O)c1ccc(-c2ccc(C#N)cc2)cc1. The zero-order valence-electron chi connectivity index (χ0n) is 12.4. The summed E-state index contributed by atoms with van der Waals surface area (Å²) in [4.78, 5) is 11.9. The second-order valence-corrected chi connectivity index (χ2v) is 5.77. The summed E-state index contributed by atoms with van der Waals surface area (Å²) in [5.41, 5.74) is 2.66. The topological polar surface area (TPSA) is 50.1 Å². The average Bonchev–Trinajstić information content (AvgIpc) is 2.46. The molecule has 0 atom stereocenters. The van der Waals surface area contributed by atoms with Crippen molar-refractivity contribution < 1.29 is 9.53 Å². The van der Waals surface area contributed by atoms with E-state index < -0.39 is 5.60 Å². The van der Waals surface area contributed by atoms with Crippen LogP contribution in [0.4, 0.5) is 0 Å². The van der Waals surface area contributed by atoms with E-state index in [1.165, 1.54) is 0 Å². The maximum Gasteiger partial charge on any atom is 0.338 e. The Labute approximate surface area is 124 Å². The van der Waals surface area contributed by atoms with Crippen LogP contribution in [0.3, 0.4) is 0 Å². The number of benzene rings is 2. The number of carbonyl (C=O) groups is 1. The summed E-state index contributed by atoms with van der Waals surface area (Å²) in [6.07, 6.45) is 0. The molecule has 21 heavy (non-hydrogen) atoms. The zero-order valence-corrected chi connectivity index (χ0v) is 12.4. The van der Waals surface area contributed by atoms with Crippen molar-refractivity contribution >= 4 is 5.97 Å². The molecule has 0 aromatic heterocycles. The molecular formula is C18H17NO2. The summed E-state index contributed by atoms with van der Waals surface area (Å²) in [6.45, 7) is 5.53. The van der Waals surface area contributed by atoms with E-state index in [2.05, 4.69) is 6.07 Å². The van der Waals surface area contributed by atoms with Crippen molar-refractivity contribution in [2.45, 2.75) is 26.4 Å². The number of ether oxygens (including phenoxy) is 1. The van der Waals surface area contributed by atoms with Gasteiger partial charge in [0.25, 0.3) is 0 Å². The first kappa shape index (κ1) is 14.8. The fourth-order valence-electron chi connectivity index (χ4n) is 1.87. The lowest BCUT2D eigenvalue weighted by Crippen LogP contribution is -2.23.